The molecule has 1 amide bonds. The van der Waals surface area contributed by atoms with Crippen LogP contribution >= 0.6 is 11.6 Å². The fourth-order valence-corrected chi connectivity index (χ4v) is 7.02. The van der Waals surface area contributed by atoms with Gasteiger partial charge in [0.15, 0.2) is 23.5 Å². The molecule has 0 spiro atoms. The SMILES string of the molecule is CC(C)N(C[C@H]1O[C@@H](n2cnc3c(N)ncnc32)[C@@H]2OC(C)(C)O[C@@H]21)[C@H]1C[C@H](CCC(=O)Nc2cc(C(F)(F)F)c(Cl)cc2N)C1. The third-order valence-electron chi connectivity index (χ3n) is 9.02. The van der Waals surface area contributed by atoms with Gasteiger partial charge in [-0.25, -0.2) is 15.0 Å². The average Bonchev–Trinajstić information content (AvgIpc) is 3.59. The predicted octanol–water partition coefficient (Wildman–Crippen LogP) is 4.99. The molecule has 250 valence electrons. The molecule has 6 rings (SSSR count). The molecular weight excluding hydrogens is 629 g/mol. The molecule has 1 saturated carbocycles. The molecule has 4 heterocycles. The topological polar surface area (TPSA) is 156 Å². The van der Waals surface area contributed by atoms with Crippen molar-refractivity contribution in [3.63, 3.8) is 0 Å². The van der Waals surface area contributed by atoms with Gasteiger partial charge in [-0.1, -0.05) is 11.6 Å². The second-order valence-electron chi connectivity index (χ2n) is 13.0. The number of halogens is 4. The molecule has 2 aromatic heterocycles. The summed E-state index contributed by atoms with van der Waals surface area (Å²) >= 11 is 5.71. The molecular formula is C30H38ClF3N8O4. The molecule has 1 aliphatic carbocycles. The van der Waals surface area contributed by atoms with Crippen LogP contribution in [-0.2, 0) is 25.2 Å². The number of nitrogens with one attached hydrogen (secondary N) is 1. The van der Waals surface area contributed by atoms with E-state index in [1.54, 1.807) is 6.33 Å². The van der Waals surface area contributed by atoms with E-state index in [4.69, 9.17) is 37.3 Å². The molecule has 0 bridgehead atoms. The fraction of sp³-hybridized carbons (Fsp3) is 0.600. The number of carbonyl (C=O) groups excluding carboxylic acids is 1. The normalized spacial score (nSPS) is 27.3. The molecule has 4 atom stereocenters. The lowest BCUT2D eigenvalue weighted by atomic mass is 9.76. The van der Waals surface area contributed by atoms with E-state index in [1.807, 2.05) is 18.4 Å². The first kappa shape index (κ1) is 32.7. The Kier molecular flexibility index (Phi) is 8.59. The van der Waals surface area contributed by atoms with Gasteiger partial charge in [0.05, 0.1) is 28.3 Å². The van der Waals surface area contributed by atoms with E-state index < -0.39 is 40.8 Å². The number of benzene rings is 1. The number of ether oxygens (including phenoxy) is 3. The minimum atomic E-state index is -4.66. The molecule has 12 nitrogen and oxygen atoms in total. The highest BCUT2D eigenvalue weighted by Gasteiger charge is 2.57. The maximum atomic E-state index is 13.3. The zero-order valence-electron chi connectivity index (χ0n) is 25.9. The quantitative estimate of drug-likeness (QED) is 0.266. The number of hydrogen-bond acceptors (Lipinski definition) is 10. The molecule has 16 heteroatoms. The number of nitrogens with zero attached hydrogens (tertiary/aromatic N) is 5. The van der Waals surface area contributed by atoms with Crippen molar-refractivity contribution in [2.24, 2.45) is 5.92 Å². The summed E-state index contributed by atoms with van der Waals surface area (Å²) in [4.78, 5) is 27.9. The standard InChI is InChI=1S/C30H38ClF3N8O4/c1-14(2)41(16-7-15(8-16)5-6-22(43)40-20-9-17(30(32,33)34)18(31)10-19(20)35)11-21-24-25(46-29(3,4)45-24)28(44-21)42-13-39-23-26(36)37-12-38-27(23)42/h9-10,12-16,21,24-25,28H,5-8,11,35H2,1-4H3,(H,40,43)(H2,36,37,38)/t15-,16-,21-,24-,25-,28-/m1/s1. The van der Waals surface area contributed by atoms with Crippen LogP contribution < -0.4 is 16.8 Å². The van der Waals surface area contributed by atoms with Gasteiger partial charge in [0.25, 0.3) is 0 Å². The van der Waals surface area contributed by atoms with E-state index >= 15 is 0 Å². The Labute approximate surface area is 268 Å². The van der Waals surface area contributed by atoms with Gasteiger partial charge in [0, 0.05) is 25.0 Å². The minimum Gasteiger partial charge on any atom is -0.397 e. The number of anilines is 3. The molecule has 46 heavy (non-hydrogen) atoms. The maximum absolute atomic E-state index is 13.3. The first-order valence-electron chi connectivity index (χ1n) is 15.3. The highest BCUT2D eigenvalue weighted by atomic mass is 35.5. The number of aromatic nitrogens is 4. The van der Waals surface area contributed by atoms with Gasteiger partial charge in [-0.2, -0.15) is 13.2 Å². The number of nitrogens with two attached hydrogens (primary N) is 2. The number of rotatable bonds is 9. The number of alkyl halides is 3. The van der Waals surface area contributed by atoms with Gasteiger partial charge in [0.1, 0.15) is 30.2 Å². The van der Waals surface area contributed by atoms with Gasteiger partial charge >= 0.3 is 6.18 Å². The van der Waals surface area contributed by atoms with E-state index in [1.165, 1.54) is 6.33 Å². The Balaban J connectivity index is 1.07. The smallest absolute Gasteiger partial charge is 0.397 e. The van der Waals surface area contributed by atoms with Crippen LogP contribution in [0.3, 0.4) is 0 Å². The Morgan fingerprint density at radius 2 is 1.89 bits per heavy atom. The summed E-state index contributed by atoms with van der Waals surface area (Å²) in [6.45, 7) is 8.64. The predicted molar refractivity (Wildman–Crippen MR) is 165 cm³/mol. The molecule has 1 aromatic carbocycles. The highest BCUT2D eigenvalue weighted by molar-refractivity contribution is 6.32. The van der Waals surface area contributed by atoms with Gasteiger partial charge in [0.2, 0.25) is 5.91 Å². The Hall–Kier alpha value is -3.24. The molecule has 5 N–H and O–H groups in total. The lowest BCUT2D eigenvalue weighted by Gasteiger charge is -2.46. The van der Waals surface area contributed by atoms with Crippen LogP contribution in [-0.4, -0.2) is 73.1 Å². The van der Waals surface area contributed by atoms with Crippen LogP contribution in [0.25, 0.3) is 11.2 Å². The van der Waals surface area contributed by atoms with Gasteiger partial charge in [-0.05, 0) is 65.0 Å². The lowest BCUT2D eigenvalue weighted by Crippen LogP contribution is -2.52. The average molecular weight is 667 g/mol. The van der Waals surface area contributed by atoms with Crippen LogP contribution in [0.2, 0.25) is 5.02 Å². The monoisotopic (exact) mass is 666 g/mol. The highest BCUT2D eigenvalue weighted by Crippen LogP contribution is 2.45. The van der Waals surface area contributed by atoms with Crippen LogP contribution in [0, 0.1) is 5.92 Å². The van der Waals surface area contributed by atoms with Crippen molar-refractivity contribution in [2.45, 2.75) is 102 Å². The molecule has 2 aliphatic heterocycles. The number of hydrogen-bond donors (Lipinski definition) is 3. The molecule has 3 aliphatic rings. The summed E-state index contributed by atoms with van der Waals surface area (Å²) in [5.41, 5.74) is 11.7. The molecule has 0 unspecified atom stereocenters. The third kappa shape index (κ3) is 6.35. The maximum Gasteiger partial charge on any atom is 0.417 e. The third-order valence-corrected chi connectivity index (χ3v) is 9.33. The van der Waals surface area contributed by atoms with Crippen LogP contribution in [0.5, 0.6) is 0 Å². The number of fused-ring (bicyclic) bond motifs is 2. The fourth-order valence-electron chi connectivity index (χ4n) is 6.74. The number of carbonyl (C=O) groups is 1. The zero-order chi connectivity index (χ0) is 33.1. The van der Waals surface area contributed by atoms with E-state index in [0.717, 1.165) is 25.0 Å². The molecule has 0 radical (unpaired) electrons. The van der Waals surface area contributed by atoms with E-state index in [9.17, 15) is 18.0 Å². The van der Waals surface area contributed by atoms with Crippen LogP contribution in [0.15, 0.2) is 24.8 Å². The first-order valence-corrected chi connectivity index (χ1v) is 15.6. The van der Waals surface area contributed by atoms with E-state index in [0.29, 0.717) is 30.0 Å². The van der Waals surface area contributed by atoms with E-state index in [2.05, 4.69) is 39.0 Å². The zero-order valence-corrected chi connectivity index (χ0v) is 26.7. The number of amides is 1. The summed E-state index contributed by atoms with van der Waals surface area (Å²) in [5.74, 6) is -0.618. The van der Waals surface area contributed by atoms with Crippen molar-refractivity contribution in [3.05, 3.63) is 35.4 Å². The largest absolute Gasteiger partial charge is 0.417 e. The molecule has 2 saturated heterocycles. The van der Waals surface area contributed by atoms with Gasteiger partial charge in [-0.15, -0.1) is 0 Å². The van der Waals surface area contributed by atoms with Crippen molar-refractivity contribution in [3.8, 4) is 0 Å². The van der Waals surface area contributed by atoms with E-state index in [-0.39, 0.29) is 47.9 Å². The molecule has 3 aromatic rings. The van der Waals surface area contributed by atoms with Crippen molar-refractivity contribution >= 4 is 45.9 Å². The van der Waals surface area contributed by atoms with Gasteiger partial charge in [-0.3, -0.25) is 14.3 Å². The second kappa shape index (κ2) is 12.1. The lowest BCUT2D eigenvalue weighted by molar-refractivity contribution is -0.199. The Morgan fingerprint density at radius 1 is 1.17 bits per heavy atom. The minimum absolute atomic E-state index is 0.0279. The second-order valence-corrected chi connectivity index (χ2v) is 13.4. The Bertz CT molecular complexity index is 1610. The summed E-state index contributed by atoms with van der Waals surface area (Å²) in [5, 5.41) is 2.00. The van der Waals surface area contributed by atoms with Crippen molar-refractivity contribution in [1.82, 2.24) is 24.4 Å². The summed E-state index contributed by atoms with van der Waals surface area (Å²) in [7, 11) is 0. The summed E-state index contributed by atoms with van der Waals surface area (Å²) in [6, 6.07) is 2.26. The van der Waals surface area contributed by atoms with Crippen molar-refractivity contribution in [2.75, 3.05) is 23.3 Å². The number of imidazole rings is 1. The van der Waals surface area contributed by atoms with Crippen molar-refractivity contribution < 1.29 is 32.2 Å². The van der Waals surface area contributed by atoms with Crippen LogP contribution in [0.1, 0.15) is 65.2 Å². The Morgan fingerprint density at radius 3 is 2.59 bits per heavy atom. The van der Waals surface area contributed by atoms with Gasteiger partial charge < -0.3 is 31.0 Å². The summed E-state index contributed by atoms with van der Waals surface area (Å²) < 4.78 is 60.9. The van der Waals surface area contributed by atoms with Crippen LogP contribution in [0.4, 0.5) is 30.4 Å². The first-order chi connectivity index (χ1) is 21.6. The molecule has 3 fully saturated rings. The number of nitrogen functional groups attached to an aromatic ring is 2. The van der Waals surface area contributed by atoms with Crippen molar-refractivity contribution in [1.29, 1.82) is 0 Å². The summed E-state index contributed by atoms with van der Waals surface area (Å²) in [6.07, 6.45) is -0.661.